The van der Waals surface area contributed by atoms with E-state index in [1.807, 2.05) is 0 Å². The second kappa shape index (κ2) is 6.43. The van der Waals surface area contributed by atoms with Crippen molar-refractivity contribution >= 4 is 15.2 Å². The Morgan fingerprint density at radius 3 is 1.40 bits per heavy atom. The largest absolute Gasteiger partial charge is 0.344 e. The molecule has 0 rings (SSSR count). The summed E-state index contributed by atoms with van der Waals surface area (Å²) in [5.41, 5.74) is -0.829. The lowest BCUT2D eigenvalue weighted by Gasteiger charge is -2.50. The van der Waals surface area contributed by atoms with Crippen molar-refractivity contribution in [1.29, 1.82) is 0 Å². The topological polar surface area (TPSA) is 115 Å². The molecule has 8 heteroatoms. The predicted molar refractivity (Wildman–Crippen MR) is 79.6 cm³/mol. The van der Waals surface area contributed by atoms with Gasteiger partial charge in [0.2, 0.25) is 0 Å². The third-order valence-electron chi connectivity index (χ3n) is 4.53. The maximum Gasteiger partial charge on any atom is 0.344 e. The lowest BCUT2D eigenvalue weighted by Crippen LogP contribution is -2.48. The van der Waals surface area contributed by atoms with E-state index >= 15 is 0 Å². The summed E-state index contributed by atoms with van der Waals surface area (Å²) < 4.78 is 24.2. The van der Waals surface area contributed by atoms with Crippen LogP contribution in [0.4, 0.5) is 0 Å². The maximum absolute atomic E-state index is 12.1. The summed E-state index contributed by atoms with van der Waals surface area (Å²) in [5.74, 6) is 0. The van der Waals surface area contributed by atoms with Gasteiger partial charge >= 0.3 is 15.2 Å². The minimum Gasteiger partial charge on any atom is -0.324 e. The molecule has 0 aromatic carbocycles. The maximum atomic E-state index is 12.1. The molecule has 0 unspecified atom stereocenters. The highest BCUT2D eigenvalue weighted by Gasteiger charge is 2.69. The first-order chi connectivity index (χ1) is 8.91. The smallest absolute Gasteiger partial charge is 0.324 e. The highest BCUT2D eigenvalue weighted by atomic mass is 31.2. The van der Waals surface area contributed by atoms with Gasteiger partial charge in [-0.1, -0.05) is 39.8 Å². The summed E-state index contributed by atoms with van der Waals surface area (Å²) in [5, 5.41) is 0. The molecule has 0 aliphatic carbocycles. The van der Waals surface area contributed by atoms with Crippen LogP contribution in [-0.2, 0) is 9.13 Å². The fourth-order valence-corrected chi connectivity index (χ4v) is 7.66. The fourth-order valence-electron chi connectivity index (χ4n) is 3.42. The fraction of sp³-hybridized carbons (Fsp3) is 0.833. The van der Waals surface area contributed by atoms with Crippen molar-refractivity contribution in [3.8, 4) is 0 Å². The summed E-state index contributed by atoms with van der Waals surface area (Å²) in [4.78, 5) is 36.7. The SMILES string of the molecule is C=C(CC)C(CC)(CC)C(CC)(P(=O)(O)O)P(=O)(O)O. The molecule has 0 fully saturated rings. The number of allylic oxidation sites excluding steroid dienone is 1. The van der Waals surface area contributed by atoms with Gasteiger partial charge in [-0.2, -0.15) is 0 Å². The van der Waals surface area contributed by atoms with Crippen LogP contribution in [0.5, 0.6) is 0 Å². The zero-order chi connectivity index (χ0) is 16.4. The van der Waals surface area contributed by atoms with Gasteiger partial charge in [-0.3, -0.25) is 9.13 Å². The lowest BCUT2D eigenvalue weighted by molar-refractivity contribution is 0.190. The molecule has 0 aliphatic heterocycles. The standard InChI is InChI=1S/C12H26O6P2/c1-6-10(5)11(7-2,8-3)12(9-4,19(13,14)15)20(16,17)18/h5-9H2,1-4H3,(H2,13,14,15)(H2,16,17,18). The van der Waals surface area contributed by atoms with Crippen molar-refractivity contribution in [2.24, 2.45) is 5.41 Å². The Bertz CT molecular complexity index is 421. The molecule has 120 valence electrons. The Hall–Kier alpha value is 0.0400. The minimum absolute atomic E-state index is 0.209. The average molecular weight is 328 g/mol. The van der Waals surface area contributed by atoms with Crippen LogP contribution in [0.1, 0.15) is 53.4 Å². The van der Waals surface area contributed by atoms with Crippen molar-refractivity contribution in [1.82, 2.24) is 0 Å². The van der Waals surface area contributed by atoms with Crippen LogP contribution in [0, 0.1) is 5.41 Å². The molecule has 0 bridgehead atoms. The minimum atomic E-state index is -5.07. The third kappa shape index (κ3) is 2.70. The van der Waals surface area contributed by atoms with E-state index in [1.54, 1.807) is 20.8 Å². The lowest BCUT2D eigenvalue weighted by atomic mass is 9.71. The summed E-state index contributed by atoms with van der Waals surface area (Å²) in [6.07, 6.45) is 0.506. The van der Waals surface area contributed by atoms with E-state index in [9.17, 15) is 28.7 Å². The molecule has 0 aromatic heterocycles. The Morgan fingerprint density at radius 1 is 0.900 bits per heavy atom. The number of hydrogen-bond donors (Lipinski definition) is 4. The molecular weight excluding hydrogens is 302 g/mol. The van der Waals surface area contributed by atoms with Crippen LogP contribution in [0.15, 0.2) is 12.2 Å². The van der Waals surface area contributed by atoms with Crippen LogP contribution in [0.3, 0.4) is 0 Å². The Morgan fingerprint density at radius 2 is 1.25 bits per heavy atom. The zero-order valence-corrected chi connectivity index (χ0v) is 14.3. The van der Waals surface area contributed by atoms with Crippen LogP contribution >= 0.6 is 15.2 Å². The van der Waals surface area contributed by atoms with Crippen LogP contribution in [0.25, 0.3) is 0 Å². The van der Waals surface area contributed by atoms with Gasteiger partial charge in [-0.15, -0.1) is 0 Å². The highest BCUT2D eigenvalue weighted by molar-refractivity contribution is 7.72. The van der Waals surface area contributed by atoms with Crippen molar-refractivity contribution in [2.45, 2.75) is 58.3 Å². The van der Waals surface area contributed by atoms with Gasteiger partial charge in [-0.25, -0.2) is 0 Å². The van der Waals surface area contributed by atoms with Crippen molar-refractivity contribution in [3.05, 3.63) is 12.2 Å². The highest BCUT2D eigenvalue weighted by Crippen LogP contribution is 2.79. The van der Waals surface area contributed by atoms with Gasteiger partial charge in [-0.05, 0) is 25.7 Å². The van der Waals surface area contributed by atoms with Gasteiger partial charge in [0, 0.05) is 5.41 Å². The zero-order valence-electron chi connectivity index (χ0n) is 12.5. The molecule has 0 heterocycles. The molecule has 0 spiro atoms. The third-order valence-corrected chi connectivity index (χ3v) is 9.51. The number of rotatable bonds is 8. The molecule has 0 saturated carbocycles. The Balaban J connectivity index is 6.74. The predicted octanol–water partition coefficient (Wildman–Crippen LogP) is 3.22. The van der Waals surface area contributed by atoms with Gasteiger partial charge in [0.1, 0.15) is 0 Å². The summed E-state index contributed by atoms with van der Waals surface area (Å²) in [7, 11) is -10.1. The van der Waals surface area contributed by atoms with E-state index in [2.05, 4.69) is 6.58 Å². The van der Waals surface area contributed by atoms with Crippen LogP contribution < -0.4 is 0 Å². The second-order valence-corrected chi connectivity index (χ2v) is 9.06. The molecule has 4 N–H and O–H groups in total. The molecule has 0 saturated heterocycles. The molecule has 0 aliphatic rings. The van der Waals surface area contributed by atoms with E-state index in [1.165, 1.54) is 6.92 Å². The average Bonchev–Trinajstić information content (AvgIpc) is 2.31. The first kappa shape index (κ1) is 20.0. The molecule has 20 heavy (non-hydrogen) atoms. The molecule has 0 atom stereocenters. The Kier molecular flexibility index (Phi) is 6.44. The summed E-state index contributed by atoms with van der Waals surface area (Å²) in [6.45, 7) is 10.4. The molecule has 6 nitrogen and oxygen atoms in total. The Labute approximate surface area is 120 Å². The monoisotopic (exact) mass is 328 g/mol. The molecule has 0 amide bonds. The van der Waals surface area contributed by atoms with E-state index in [-0.39, 0.29) is 19.3 Å². The number of hydrogen-bond acceptors (Lipinski definition) is 2. The van der Waals surface area contributed by atoms with Gasteiger partial charge in [0.25, 0.3) is 0 Å². The van der Waals surface area contributed by atoms with Crippen LogP contribution in [-0.4, -0.2) is 24.5 Å². The first-order valence-corrected chi connectivity index (χ1v) is 9.93. The molecular formula is C12H26O6P2. The van der Waals surface area contributed by atoms with E-state index in [4.69, 9.17) is 0 Å². The first-order valence-electron chi connectivity index (χ1n) is 6.71. The van der Waals surface area contributed by atoms with Gasteiger partial charge < -0.3 is 19.6 Å². The summed E-state index contributed by atoms with van der Waals surface area (Å²) in [6, 6.07) is 0. The van der Waals surface area contributed by atoms with E-state index < -0.39 is 25.5 Å². The normalized spacial score (nSPS) is 14.4. The quantitative estimate of drug-likeness (QED) is 0.402. The van der Waals surface area contributed by atoms with Crippen molar-refractivity contribution in [2.75, 3.05) is 0 Å². The van der Waals surface area contributed by atoms with Crippen molar-refractivity contribution < 1.29 is 28.7 Å². The van der Waals surface area contributed by atoms with E-state index in [0.29, 0.717) is 12.0 Å². The summed E-state index contributed by atoms with van der Waals surface area (Å²) >= 11 is 0. The van der Waals surface area contributed by atoms with Gasteiger partial charge in [0.15, 0.2) is 4.90 Å². The van der Waals surface area contributed by atoms with E-state index in [0.717, 1.165) is 0 Å². The second-order valence-electron chi connectivity index (χ2n) is 5.00. The van der Waals surface area contributed by atoms with Gasteiger partial charge in [0.05, 0.1) is 0 Å². The van der Waals surface area contributed by atoms with Crippen LogP contribution in [0.2, 0.25) is 0 Å². The van der Waals surface area contributed by atoms with Crippen molar-refractivity contribution in [3.63, 3.8) is 0 Å². The molecule has 0 aromatic rings. The molecule has 0 radical (unpaired) electrons.